The van der Waals surface area contributed by atoms with Crippen LogP contribution in [0.3, 0.4) is 0 Å². The number of carbonyl (C=O) groups is 1. The molecule has 0 aromatic carbocycles. The number of pyridine rings is 1. The van der Waals surface area contributed by atoms with E-state index in [9.17, 15) is 25.2 Å². The first kappa shape index (κ1) is 13.8. The van der Waals surface area contributed by atoms with E-state index in [1.807, 2.05) is 0 Å². The summed E-state index contributed by atoms with van der Waals surface area (Å²) in [5.74, 6) is -1.52. The number of hydrogen-bond acceptors (Lipinski definition) is 6. The van der Waals surface area contributed by atoms with Crippen LogP contribution < -0.4 is 0 Å². The summed E-state index contributed by atoms with van der Waals surface area (Å²) in [6, 6.07) is 0. The van der Waals surface area contributed by atoms with Crippen molar-refractivity contribution in [3.63, 3.8) is 0 Å². The summed E-state index contributed by atoms with van der Waals surface area (Å²) in [4.78, 5) is 15.0. The van der Waals surface area contributed by atoms with Crippen molar-refractivity contribution in [3.8, 4) is 5.75 Å². The highest BCUT2D eigenvalue weighted by Gasteiger charge is 2.19. The zero-order chi connectivity index (χ0) is 14.9. The largest absolute Gasteiger partial charge is 0.507 e. The van der Waals surface area contributed by atoms with Crippen molar-refractivity contribution >= 4 is 11.9 Å². The Labute approximate surface area is 114 Å². The number of allylic oxidation sites excluding steroid dienone is 2. The molecule has 0 bridgehead atoms. The molecule has 0 atom stereocenters. The van der Waals surface area contributed by atoms with Gasteiger partial charge in [0, 0.05) is 29.5 Å². The van der Waals surface area contributed by atoms with Crippen LogP contribution >= 0.6 is 0 Å². The molecule has 2 rings (SSSR count). The van der Waals surface area contributed by atoms with Crippen LogP contribution in [0.4, 0.5) is 0 Å². The topological polar surface area (TPSA) is 111 Å². The van der Waals surface area contributed by atoms with Crippen LogP contribution in [-0.2, 0) is 11.4 Å². The molecule has 4 N–H and O–H groups in total. The molecule has 0 amide bonds. The van der Waals surface area contributed by atoms with Crippen LogP contribution in [0.5, 0.6) is 5.75 Å². The summed E-state index contributed by atoms with van der Waals surface area (Å²) in [5.41, 5.74) is 0.885. The Morgan fingerprint density at radius 1 is 1.20 bits per heavy atom. The number of aromatic nitrogens is 1. The lowest BCUT2D eigenvalue weighted by atomic mass is 9.99. The minimum absolute atomic E-state index is 0.0137. The maximum absolute atomic E-state index is 11.1. The van der Waals surface area contributed by atoms with Crippen LogP contribution in [-0.4, -0.2) is 31.2 Å². The van der Waals surface area contributed by atoms with E-state index < -0.39 is 17.3 Å². The maximum Gasteiger partial charge on any atom is 0.186 e. The molecule has 0 aliphatic heterocycles. The third-order valence-electron chi connectivity index (χ3n) is 2.93. The van der Waals surface area contributed by atoms with Gasteiger partial charge in [-0.3, -0.25) is 9.78 Å². The average molecular weight is 275 g/mol. The Balaban J connectivity index is 2.61. The second-order valence-electron chi connectivity index (χ2n) is 4.31. The van der Waals surface area contributed by atoms with Crippen LogP contribution in [0.25, 0.3) is 6.08 Å². The molecule has 20 heavy (non-hydrogen) atoms. The Morgan fingerprint density at radius 2 is 1.80 bits per heavy atom. The molecule has 0 fully saturated rings. The number of nitrogens with zero attached hydrogens (tertiary/aromatic N) is 1. The quantitative estimate of drug-likeness (QED) is 0.650. The van der Waals surface area contributed by atoms with Crippen LogP contribution in [0, 0.1) is 6.92 Å². The zero-order valence-corrected chi connectivity index (χ0v) is 10.7. The fourth-order valence-electron chi connectivity index (χ4n) is 1.83. The van der Waals surface area contributed by atoms with Gasteiger partial charge in [-0.2, -0.15) is 0 Å². The van der Waals surface area contributed by atoms with E-state index in [4.69, 9.17) is 0 Å². The lowest BCUT2D eigenvalue weighted by molar-refractivity contribution is -0.110. The van der Waals surface area contributed by atoms with Crippen molar-refractivity contribution in [1.82, 2.24) is 4.98 Å². The number of aromatic hydroxyl groups is 1. The molecule has 1 aromatic rings. The average Bonchev–Trinajstić information content (AvgIpc) is 2.38. The molecule has 6 heteroatoms. The van der Waals surface area contributed by atoms with Gasteiger partial charge in [-0.15, -0.1) is 0 Å². The summed E-state index contributed by atoms with van der Waals surface area (Å²) in [6.07, 6.45) is 4.58. The van der Waals surface area contributed by atoms with E-state index in [1.165, 1.54) is 12.3 Å². The highest BCUT2D eigenvalue weighted by molar-refractivity contribution is 6.03. The van der Waals surface area contributed by atoms with Gasteiger partial charge in [0.05, 0.1) is 17.9 Å². The van der Waals surface area contributed by atoms with Gasteiger partial charge in [0.1, 0.15) is 17.3 Å². The predicted molar refractivity (Wildman–Crippen MR) is 71.0 cm³/mol. The first-order valence-corrected chi connectivity index (χ1v) is 5.80. The van der Waals surface area contributed by atoms with Gasteiger partial charge in [0.2, 0.25) is 0 Å². The molecule has 1 aromatic heterocycles. The number of ketones is 1. The standard InChI is InChI=1S/C14H13NO5/c1-7-14(20)10(8(6-16)5-15-7)4-11-12(18)2-9(17)3-13(11)19/h2-5,16,18-20H,6H2,1H3. The van der Waals surface area contributed by atoms with Gasteiger partial charge in [-0.05, 0) is 13.0 Å². The molecule has 0 unspecified atom stereocenters. The number of aliphatic hydroxyl groups excluding tert-OH is 3. The monoisotopic (exact) mass is 275 g/mol. The first-order chi connectivity index (χ1) is 9.43. The molecule has 6 nitrogen and oxygen atoms in total. The fraction of sp³-hybridized carbons (Fsp3) is 0.143. The summed E-state index contributed by atoms with van der Waals surface area (Å²) in [5, 5.41) is 38.6. The maximum atomic E-state index is 11.1. The van der Waals surface area contributed by atoms with E-state index in [1.54, 1.807) is 6.92 Å². The second kappa shape index (κ2) is 5.18. The Hall–Kier alpha value is -2.60. The smallest absolute Gasteiger partial charge is 0.186 e. The highest BCUT2D eigenvalue weighted by atomic mass is 16.3. The summed E-state index contributed by atoms with van der Waals surface area (Å²) in [7, 11) is 0. The minimum Gasteiger partial charge on any atom is -0.507 e. The Kier molecular flexibility index (Phi) is 3.58. The van der Waals surface area contributed by atoms with E-state index in [0.717, 1.165) is 12.2 Å². The molecule has 0 saturated carbocycles. The highest BCUT2D eigenvalue weighted by Crippen LogP contribution is 2.30. The van der Waals surface area contributed by atoms with Gasteiger partial charge in [-0.25, -0.2) is 0 Å². The Morgan fingerprint density at radius 3 is 2.35 bits per heavy atom. The van der Waals surface area contributed by atoms with Crippen molar-refractivity contribution in [2.75, 3.05) is 0 Å². The molecule has 0 radical (unpaired) electrons. The molecule has 1 aliphatic carbocycles. The number of hydrogen-bond donors (Lipinski definition) is 4. The van der Waals surface area contributed by atoms with Crippen molar-refractivity contribution in [3.05, 3.63) is 52.3 Å². The van der Waals surface area contributed by atoms with Crippen LogP contribution in [0.15, 0.2) is 35.4 Å². The van der Waals surface area contributed by atoms with Crippen molar-refractivity contribution in [2.24, 2.45) is 0 Å². The summed E-state index contributed by atoms with van der Waals surface area (Å²) >= 11 is 0. The van der Waals surface area contributed by atoms with Crippen LogP contribution in [0.2, 0.25) is 0 Å². The third-order valence-corrected chi connectivity index (χ3v) is 2.93. The van der Waals surface area contributed by atoms with Crippen LogP contribution in [0.1, 0.15) is 16.8 Å². The van der Waals surface area contributed by atoms with E-state index >= 15 is 0 Å². The molecule has 0 saturated heterocycles. The van der Waals surface area contributed by atoms with E-state index in [-0.39, 0.29) is 23.5 Å². The number of rotatable bonds is 2. The van der Waals surface area contributed by atoms with Gasteiger partial charge in [-0.1, -0.05) is 0 Å². The SMILES string of the molecule is Cc1ncc(CO)c(C=C2C(O)=CC(=O)C=C2O)c1O. The lowest BCUT2D eigenvalue weighted by Crippen LogP contribution is -2.05. The van der Waals surface area contributed by atoms with Crippen molar-refractivity contribution < 1.29 is 25.2 Å². The zero-order valence-electron chi connectivity index (χ0n) is 10.7. The summed E-state index contributed by atoms with van der Waals surface area (Å²) in [6.45, 7) is 1.21. The number of aliphatic hydroxyl groups is 3. The molecule has 1 heterocycles. The minimum atomic E-state index is -0.533. The molecule has 104 valence electrons. The van der Waals surface area contributed by atoms with E-state index in [2.05, 4.69) is 4.98 Å². The van der Waals surface area contributed by atoms with Crippen molar-refractivity contribution in [2.45, 2.75) is 13.5 Å². The fourth-order valence-corrected chi connectivity index (χ4v) is 1.83. The lowest BCUT2D eigenvalue weighted by Gasteiger charge is -2.13. The predicted octanol–water partition coefficient (Wildman–Crippen LogP) is 1.44. The van der Waals surface area contributed by atoms with Gasteiger partial charge in [0.15, 0.2) is 5.78 Å². The normalized spacial score (nSPS) is 14.9. The molecule has 1 aliphatic rings. The van der Waals surface area contributed by atoms with Crippen molar-refractivity contribution in [1.29, 1.82) is 0 Å². The number of aryl methyl sites for hydroxylation is 1. The van der Waals surface area contributed by atoms with Gasteiger partial charge in [0.25, 0.3) is 0 Å². The van der Waals surface area contributed by atoms with Gasteiger partial charge < -0.3 is 20.4 Å². The third kappa shape index (κ3) is 2.41. The molecular weight excluding hydrogens is 262 g/mol. The van der Waals surface area contributed by atoms with E-state index in [0.29, 0.717) is 11.3 Å². The summed E-state index contributed by atoms with van der Waals surface area (Å²) < 4.78 is 0. The first-order valence-electron chi connectivity index (χ1n) is 5.80. The molecule has 0 spiro atoms. The molecular formula is C14H13NO5. The number of carbonyl (C=O) groups excluding carboxylic acids is 1. The Bertz CT molecular complexity index is 646. The van der Waals surface area contributed by atoms with Gasteiger partial charge >= 0.3 is 0 Å². The second-order valence-corrected chi connectivity index (χ2v) is 4.31.